The van der Waals surface area contributed by atoms with Crippen LogP contribution in [0.4, 0.5) is 0 Å². The summed E-state index contributed by atoms with van der Waals surface area (Å²) in [7, 11) is 0. The van der Waals surface area contributed by atoms with Gasteiger partial charge in [0.1, 0.15) is 11.5 Å². The van der Waals surface area contributed by atoms with Gasteiger partial charge in [0.15, 0.2) is 11.6 Å². The second-order valence-electron chi connectivity index (χ2n) is 6.27. The van der Waals surface area contributed by atoms with Gasteiger partial charge in [-0.25, -0.2) is 4.98 Å². The number of H-pyrrole nitrogens is 1. The molecule has 1 aliphatic heterocycles. The molecule has 0 aliphatic carbocycles. The van der Waals surface area contributed by atoms with Crippen molar-refractivity contribution in [2.45, 2.75) is 32.2 Å². The molecule has 1 unspecified atom stereocenters. The lowest BCUT2D eigenvalue weighted by atomic mass is 9.97. The molecule has 1 N–H and O–H groups in total. The molecular weight excluding hydrogens is 304 g/mol. The fourth-order valence-corrected chi connectivity index (χ4v) is 3.22. The molecule has 0 aromatic carbocycles. The minimum atomic E-state index is 0.381. The van der Waals surface area contributed by atoms with Gasteiger partial charge in [-0.3, -0.25) is 15.0 Å². The van der Waals surface area contributed by atoms with Crippen LogP contribution < -0.4 is 0 Å². The first-order valence-electron chi connectivity index (χ1n) is 8.25. The van der Waals surface area contributed by atoms with E-state index in [0.717, 1.165) is 61.1 Å². The Morgan fingerprint density at radius 3 is 3.00 bits per heavy atom. The zero-order valence-electron chi connectivity index (χ0n) is 13.6. The molecule has 4 rings (SSSR count). The highest BCUT2D eigenvalue weighted by Gasteiger charge is 2.25. The van der Waals surface area contributed by atoms with Gasteiger partial charge in [0.2, 0.25) is 0 Å². The number of hydrogen-bond acceptors (Lipinski definition) is 6. The Hall–Kier alpha value is -2.54. The largest absolute Gasteiger partial charge is 0.359 e. The van der Waals surface area contributed by atoms with Crippen molar-refractivity contribution in [3.8, 4) is 11.3 Å². The fourth-order valence-electron chi connectivity index (χ4n) is 3.22. The van der Waals surface area contributed by atoms with Gasteiger partial charge in [-0.15, -0.1) is 0 Å². The number of aromatic amines is 1. The number of hydrogen-bond donors (Lipinski definition) is 1. The Kier molecular flexibility index (Phi) is 4.08. The molecule has 7 heteroatoms. The fraction of sp³-hybridized carbons (Fsp3) is 0.412. The number of likely N-dealkylation sites (tertiary alicyclic amines) is 1. The first-order valence-corrected chi connectivity index (χ1v) is 8.25. The minimum Gasteiger partial charge on any atom is -0.359 e. The van der Waals surface area contributed by atoms with E-state index in [9.17, 15) is 0 Å². The highest BCUT2D eigenvalue weighted by Crippen LogP contribution is 2.26. The molecule has 0 saturated carbocycles. The standard InChI is InChI=1S/C17H20N6O/c1-12-19-17(21-20-12)14-3-2-8-23(10-14)11-15-9-16(22-24-15)13-4-6-18-7-5-13/h4-7,9,14H,2-3,8,10-11H2,1H3,(H,19,20,21). The summed E-state index contributed by atoms with van der Waals surface area (Å²) in [4.78, 5) is 10.9. The Bertz CT molecular complexity index is 796. The van der Waals surface area contributed by atoms with Gasteiger partial charge in [-0.1, -0.05) is 5.16 Å². The van der Waals surface area contributed by atoms with Crippen LogP contribution in [0, 0.1) is 6.92 Å². The van der Waals surface area contributed by atoms with Crippen molar-refractivity contribution in [2.24, 2.45) is 0 Å². The van der Waals surface area contributed by atoms with Gasteiger partial charge >= 0.3 is 0 Å². The molecule has 0 bridgehead atoms. The van der Waals surface area contributed by atoms with E-state index in [0.29, 0.717) is 5.92 Å². The third-order valence-electron chi connectivity index (χ3n) is 4.40. The predicted molar refractivity (Wildman–Crippen MR) is 88.1 cm³/mol. The van der Waals surface area contributed by atoms with Crippen molar-refractivity contribution in [3.63, 3.8) is 0 Å². The number of nitrogens with one attached hydrogen (secondary N) is 1. The summed E-state index contributed by atoms with van der Waals surface area (Å²) in [5, 5.41) is 11.4. The van der Waals surface area contributed by atoms with Crippen LogP contribution in [0.1, 0.15) is 36.2 Å². The number of aryl methyl sites for hydroxylation is 1. The lowest BCUT2D eigenvalue weighted by Gasteiger charge is -2.30. The minimum absolute atomic E-state index is 0.381. The highest BCUT2D eigenvalue weighted by atomic mass is 16.5. The van der Waals surface area contributed by atoms with E-state index in [-0.39, 0.29) is 0 Å². The maximum absolute atomic E-state index is 5.52. The molecule has 1 fully saturated rings. The van der Waals surface area contributed by atoms with Gasteiger partial charge in [0.05, 0.1) is 6.54 Å². The van der Waals surface area contributed by atoms with Crippen molar-refractivity contribution < 1.29 is 4.52 Å². The SMILES string of the molecule is Cc1nc(C2CCCN(Cc3cc(-c4ccncc4)no3)C2)n[nH]1. The maximum Gasteiger partial charge on any atom is 0.155 e. The summed E-state index contributed by atoms with van der Waals surface area (Å²) in [5.74, 6) is 3.06. The maximum atomic E-state index is 5.52. The highest BCUT2D eigenvalue weighted by molar-refractivity contribution is 5.57. The van der Waals surface area contributed by atoms with Gasteiger partial charge in [-0.05, 0) is 38.4 Å². The van der Waals surface area contributed by atoms with E-state index < -0.39 is 0 Å². The molecule has 3 aromatic rings. The Morgan fingerprint density at radius 1 is 1.33 bits per heavy atom. The smallest absolute Gasteiger partial charge is 0.155 e. The van der Waals surface area contributed by atoms with Crippen LogP contribution in [0.3, 0.4) is 0 Å². The predicted octanol–water partition coefficient (Wildman–Crippen LogP) is 2.54. The summed E-state index contributed by atoms with van der Waals surface area (Å²) >= 11 is 0. The van der Waals surface area contributed by atoms with E-state index in [1.165, 1.54) is 0 Å². The number of pyridine rings is 1. The molecule has 1 saturated heterocycles. The van der Waals surface area contributed by atoms with Crippen molar-refractivity contribution in [3.05, 3.63) is 48.0 Å². The molecular formula is C17H20N6O. The normalized spacial score (nSPS) is 18.8. The lowest BCUT2D eigenvalue weighted by molar-refractivity contribution is 0.177. The van der Waals surface area contributed by atoms with Crippen molar-refractivity contribution in [2.75, 3.05) is 13.1 Å². The van der Waals surface area contributed by atoms with Crippen LogP contribution in [0.15, 0.2) is 35.1 Å². The summed E-state index contributed by atoms with van der Waals surface area (Å²) < 4.78 is 5.52. The first kappa shape index (κ1) is 15.0. The number of aromatic nitrogens is 5. The lowest BCUT2D eigenvalue weighted by Crippen LogP contribution is -2.34. The molecule has 0 amide bonds. The van der Waals surface area contributed by atoms with Crippen LogP contribution in [-0.2, 0) is 6.54 Å². The average molecular weight is 324 g/mol. The van der Waals surface area contributed by atoms with Gasteiger partial charge in [0.25, 0.3) is 0 Å². The molecule has 24 heavy (non-hydrogen) atoms. The van der Waals surface area contributed by atoms with Crippen molar-refractivity contribution in [1.29, 1.82) is 0 Å². The molecule has 0 spiro atoms. The van der Waals surface area contributed by atoms with Crippen LogP contribution >= 0.6 is 0 Å². The number of nitrogens with zero attached hydrogens (tertiary/aromatic N) is 5. The third kappa shape index (κ3) is 3.21. The topological polar surface area (TPSA) is 83.7 Å². The first-order chi connectivity index (χ1) is 11.8. The van der Waals surface area contributed by atoms with Crippen LogP contribution in [0.5, 0.6) is 0 Å². The average Bonchev–Trinajstić information content (AvgIpc) is 3.25. The zero-order chi connectivity index (χ0) is 16.4. The number of piperidine rings is 1. The van der Waals surface area contributed by atoms with Gasteiger partial charge in [-0.2, -0.15) is 5.10 Å². The Balaban J connectivity index is 1.43. The molecule has 4 heterocycles. The Morgan fingerprint density at radius 2 is 2.21 bits per heavy atom. The molecule has 3 aromatic heterocycles. The van der Waals surface area contributed by atoms with Crippen molar-refractivity contribution >= 4 is 0 Å². The van der Waals surface area contributed by atoms with E-state index >= 15 is 0 Å². The summed E-state index contributed by atoms with van der Waals surface area (Å²) in [5.41, 5.74) is 1.87. The number of rotatable bonds is 4. The molecule has 1 atom stereocenters. The Labute approximate surface area is 140 Å². The van der Waals surface area contributed by atoms with Gasteiger partial charge < -0.3 is 4.52 Å². The van der Waals surface area contributed by atoms with Crippen LogP contribution in [-0.4, -0.2) is 43.3 Å². The monoisotopic (exact) mass is 324 g/mol. The van der Waals surface area contributed by atoms with E-state index in [2.05, 4.69) is 30.2 Å². The molecule has 0 radical (unpaired) electrons. The third-order valence-corrected chi connectivity index (χ3v) is 4.40. The van der Waals surface area contributed by atoms with E-state index in [1.54, 1.807) is 12.4 Å². The molecule has 1 aliphatic rings. The van der Waals surface area contributed by atoms with Crippen LogP contribution in [0.2, 0.25) is 0 Å². The summed E-state index contributed by atoms with van der Waals surface area (Å²) in [6.07, 6.45) is 5.80. The summed E-state index contributed by atoms with van der Waals surface area (Å²) in [6.45, 7) is 4.71. The van der Waals surface area contributed by atoms with E-state index in [4.69, 9.17) is 4.52 Å². The van der Waals surface area contributed by atoms with Crippen LogP contribution in [0.25, 0.3) is 11.3 Å². The molecule has 124 valence electrons. The second-order valence-corrected chi connectivity index (χ2v) is 6.27. The van der Waals surface area contributed by atoms with E-state index in [1.807, 2.05) is 25.1 Å². The van der Waals surface area contributed by atoms with Gasteiger partial charge in [0, 0.05) is 36.5 Å². The quantitative estimate of drug-likeness (QED) is 0.794. The second kappa shape index (κ2) is 6.52. The molecule has 7 nitrogen and oxygen atoms in total. The van der Waals surface area contributed by atoms with Crippen molar-refractivity contribution in [1.82, 2.24) is 30.2 Å². The summed E-state index contributed by atoms with van der Waals surface area (Å²) in [6, 6.07) is 5.88. The zero-order valence-corrected chi connectivity index (χ0v) is 13.6.